The Bertz CT molecular complexity index is 461. The van der Waals surface area contributed by atoms with E-state index in [1.165, 1.54) is 0 Å². The fraction of sp³-hybridized carbons (Fsp3) is 0.765. The Labute approximate surface area is 168 Å². The van der Waals surface area contributed by atoms with E-state index in [1.54, 1.807) is 0 Å². The molecule has 0 aliphatic rings. The van der Waals surface area contributed by atoms with Crippen LogP contribution in [0.15, 0.2) is 9.41 Å². The van der Waals surface area contributed by atoms with Crippen molar-refractivity contribution in [1.82, 2.24) is 15.6 Å². The molecule has 25 heavy (non-hydrogen) atoms. The molecule has 0 atom stereocenters. The summed E-state index contributed by atoms with van der Waals surface area (Å²) in [7, 11) is 0. The van der Waals surface area contributed by atoms with Crippen molar-refractivity contribution >= 4 is 29.9 Å². The molecule has 0 radical (unpaired) electrons. The molecule has 0 amide bonds. The molecular formula is C17H33IN4O3. The van der Waals surface area contributed by atoms with Gasteiger partial charge in [-0.25, -0.2) is 9.98 Å². The average molecular weight is 468 g/mol. The minimum atomic E-state index is 0. The highest BCUT2D eigenvalue weighted by atomic mass is 127. The van der Waals surface area contributed by atoms with Gasteiger partial charge in [-0.2, -0.15) is 0 Å². The van der Waals surface area contributed by atoms with Crippen LogP contribution < -0.4 is 10.6 Å². The molecule has 2 N–H and O–H groups in total. The number of oxazole rings is 1. The van der Waals surface area contributed by atoms with E-state index in [0.29, 0.717) is 38.8 Å². The van der Waals surface area contributed by atoms with Crippen LogP contribution in [-0.2, 0) is 16.0 Å². The molecule has 0 spiro atoms. The second kappa shape index (κ2) is 15.4. The van der Waals surface area contributed by atoms with E-state index in [1.807, 2.05) is 20.8 Å². The summed E-state index contributed by atoms with van der Waals surface area (Å²) in [6.45, 7) is 12.6. The third kappa shape index (κ3) is 11.4. The zero-order chi connectivity index (χ0) is 17.6. The SMILES string of the molecule is CCCCOCCOCCNC(=NCc1nc(C)c(C)o1)NCC.I. The van der Waals surface area contributed by atoms with Crippen molar-refractivity contribution in [3.63, 3.8) is 0 Å². The van der Waals surface area contributed by atoms with Crippen LogP contribution in [0.4, 0.5) is 0 Å². The van der Waals surface area contributed by atoms with Crippen LogP contribution >= 0.6 is 24.0 Å². The quantitative estimate of drug-likeness (QED) is 0.213. The molecule has 7 nitrogen and oxygen atoms in total. The highest BCUT2D eigenvalue weighted by Crippen LogP contribution is 2.08. The number of aryl methyl sites for hydroxylation is 2. The number of halogens is 1. The molecule has 0 aliphatic carbocycles. The molecule has 146 valence electrons. The number of hydrogen-bond acceptors (Lipinski definition) is 5. The Morgan fingerprint density at radius 1 is 1.08 bits per heavy atom. The predicted octanol–water partition coefficient (Wildman–Crippen LogP) is 2.80. The maximum atomic E-state index is 5.53. The van der Waals surface area contributed by atoms with Crippen LogP contribution in [0.3, 0.4) is 0 Å². The van der Waals surface area contributed by atoms with Crippen molar-refractivity contribution in [2.45, 2.75) is 47.1 Å². The Morgan fingerprint density at radius 2 is 1.80 bits per heavy atom. The zero-order valence-electron chi connectivity index (χ0n) is 15.9. The Hall–Kier alpha value is -0.870. The second-order valence-corrected chi connectivity index (χ2v) is 5.45. The van der Waals surface area contributed by atoms with Gasteiger partial charge in [-0.15, -0.1) is 24.0 Å². The molecule has 1 aromatic heterocycles. The molecular weight excluding hydrogens is 435 g/mol. The summed E-state index contributed by atoms with van der Waals surface area (Å²) in [4.78, 5) is 8.79. The number of ether oxygens (including phenoxy) is 2. The van der Waals surface area contributed by atoms with E-state index in [9.17, 15) is 0 Å². The van der Waals surface area contributed by atoms with Gasteiger partial charge < -0.3 is 24.5 Å². The molecule has 0 aliphatic heterocycles. The van der Waals surface area contributed by atoms with Gasteiger partial charge in [0.15, 0.2) is 5.96 Å². The number of aromatic nitrogens is 1. The van der Waals surface area contributed by atoms with Crippen molar-refractivity contribution in [1.29, 1.82) is 0 Å². The summed E-state index contributed by atoms with van der Waals surface area (Å²) in [5, 5.41) is 6.42. The largest absolute Gasteiger partial charge is 0.444 e. The number of guanidine groups is 1. The molecule has 1 rings (SSSR count). The molecule has 0 aromatic carbocycles. The van der Waals surface area contributed by atoms with Crippen LogP contribution in [0.5, 0.6) is 0 Å². The summed E-state index contributed by atoms with van der Waals surface area (Å²) in [5.74, 6) is 2.20. The van der Waals surface area contributed by atoms with Crippen LogP contribution in [0.2, 0.25) is 0 Å². The fourth-order valence-corrected chi connectivity index (χ4v) is 1.91. The Balaban J connectivity index is 0.00000576. The Morgan fingerprint density at radius 3 is 2.40 bits per heavy atom. The first-order valence-corrected chi connectivity index (χ1v) is 8.77. The van der Waals surface area contributed by atoms with E-state index in [2.05, 4.69) is 27.5 Å². The standard InChI is InChI=1S/C17H32N4O3.HI/c1-5-7-9-22-11-12-23-10-8-19-17(18-6-2)20-13-16-21-14(3)15(4)24-16;/h5-13H2,1-4H3,(H2,18,19,20);1H. The van der Waals surface area contributed by atoms with Gasteiger partial charge in [0.05, 0.1) is 25.5 Å². The van der Waals surface area contributed by atoms with Gasteiger partial charge in [-0.1, -0.05) is 13.3 Å². The van der Waals surface area contributed by atoms with Crippen LogP contribution in [0.1, 0.15) is 44.0 Å². The normalized spacial score (nSPS) is 11.3. The lowest BCUT2D eigenvalue weighted by Crippen LogP contribution is -2.39. The summed E-state index contributed by atoms with van der Waals surface area (Å²) in [6, 6.07) is 0. The predicted molar refractivity (Wildman–Crippen MR) is 111 cm³/mol. The number of nitrogens with zero attached hydrogens (tertiary/aromatic N) is 2. The maximum absolute atomic E-state index is 5.53. The first-order chi connectivity index (χ1) is 11.7. The summed E-state index contributed by atoms with van der Waals surface area (Å²) in [5.41, 5.74) is 0.910. The number of unbranched alkanes of at least 4 members (excludes halogenated alkanes) is 1. The molecule has 0 fully saturated rings. The van der Waals surface area contributed by atoms with Crippen molar-refractivity contribution in [2.24, 2.45) is 4.99 Å². The minimum absolute atomic E-state index is 0. The van der Waals surface area contributed by atoms with Gasteiger partial charge in [-0.05, 0) is 27.2 Å². The molecule has 0 bridgehead atoms. The van der Waals surface area contributed by atoms with E-state index in [4.69, 9.17) is 13.9 Å². The van der Waals surface area contributed by atoms with Crippen molar-refractivity contribution in [3.05, 3.63) is 17.3 Å². The van der Waals surface area contributed by atoms with Gasteiger partial charge in [0.25, 0.3) is 0 Å². The van der Waals surface area contributed by atoms with Gasteiger partial charge in [0.2, 0.25) is 5.89 Å². The smallest absolute Gasteiger partial charge is 0.216 e. The highest BCUT2D eigenvalue weighted by molar-refractivity contribution is 14.0. The average Bonchev–Trinajstić information content (AvgIpc) is 2.89. The number of rotatable bonds is 12. The molecule has 0 saturated heterocycles. The third-order valence-electron chi connectivity index (χ3n) is 3.34. The summed E-state index contributed by atoms with van der Waals surface area (Å²) in [6.07, 6.45) is 2.26. The maximum Gasteiger partial charge on any atom is 0.216 e. The van der Waals surface area contributed by atoms with Crippen molar-refractivity contribution in [3.8, 4) is 0 Å². The number of hydrogen-bond donors (Lipinski definition) is 2. The highest BCUT2D eigenvalue weighted by Gasteiger charge is 2.05. The lowest BCUT2D eigenvalue weighted by molar-refractivity contribution is 0.0487. The molecule has 0 saturated carbocycles. The van der Waals surface area contributed by atoms with E-state index < -0.39 is 0 Å². The van der Waals surface area contributed by atoms with E-state index in [-0.39, 0.29) is 24.0 Å². The van der Waals surface area contributed by atoms with Gasteiger partial charge in [0.1, 0.15) is 12.3 Å². The molecule has 1 aromatic rings. The molecule has 8 heteroatoms. The topological polar surface area (TPSA) is 80.9 Å². The molecule has 0 unspecified atom stereocenters. The number of aliphatic imine (C=N–C) groups is 1. The van der Waals surface area contributed by atoms with E-state index >= 15 is 0 Å². The minimum Gasteiger partial charge on any atom is -0.444 e. The Kier molecular flexibility index (Phi) is 14.9. The zero-order valence-corrected chi connectivity index (χ0v) is 18.2. The van der Waals surface area contributed by atoms with Gasteiger partial charge >= 0.3 is 0 Å². The van der Waals surface area contributed by atoms with Crippen molar-refractivity contribution in [2.75, 3.05) is 39.5 Å². The molecule has 1 heterocycles. The second-order valence-electron chi connectivity index (χ2n) is 5.45. The third-order valence-corrected chi connectivity index (χ3v) is 3.34. The lowest BCUT2D eigenvalue weighted by atomic mass is 10.4. The first-order valence-electron chi connectivity index (χ1n) is 8.77. The van der Waals surface area contributed by atoms with Crippen LogP contribution in [0.25, 0.3) is 0 Å². The van der Waals surface area contributed by atoms with Crippen LogP contribution in [0, 0.1) is 13.8 Å². The lowest BCUT2D eigenvalue weighted by Gasteiger charge is -2.11. The summed E-state index contributed by atoms with van der Waals surface area (Å²) >= 11 is 0. The monoisotopic (exact) mass is 468 g/mol. The summed E-state index contributed by atoms with van der Waals surface area (Å²) < 4.78 is 16.5. The fourth-order valence-electron chi connectivity index (χ4n) is 1.91. The van der Waals surface area contributed by atoms with Gasteiger partial charge in [-0.3, -0.25) is 0 Å². The van der Waals surface area contributed by atoms with Gasteiger partial charge in [0, 0.05) is 19.7 Å². The van der Waals surface area contributed by atoms with Crippen molar-refractivity contribution < 1.29 is 13.9 Å². The number of nitrogens with one attached hydrogen (secondary N) is 2. The van der Waals surface area contributed by atoms with Crippen LogP contribution in [-0.4, -0.2) is 50.5 Å². The van der Waals surface area contributed by atoms with E-state index in [0.717, 1.165) is 43.4 Å². The first kappa shape index (κ1) is 24.1.